The van der Waals surface area contributed by atoms with Gasteiger partial charge in [-0.1, -0.05) is 33.6 Å². The van der Waals surface area contributed by atoms with Crippen LogP contribution in [0.4, 0.5) is 0 Å². The van der Waals surface area contributed by atoms with Gasteiger partial charge in [-0.15, -0.1) is 0 Å². The zero-order chi connectivity index (χ0) is 12.0. The topological polar surface area (TPSA) is 38.0 Å². The molecule has 0 heterocycles. The minimum absolute atomic E-state index is 0.424. The van der Waals surface area contributed by atoms with E-state index in [0.717, 1.165) is 5.25 Å². The van der Waals surface area contributed by atoms with E-state index < -0.39 is 0 Å². The minimum Gasteiger partial charge on any atom is -0.271 e. The quantitative estimate of drug-likeness (QED) is 0.556. The van der Waals surface area contributed by atoms with Crippen molar-refractivity contribution >= 4 is 11.8 Å². The maximum absolute atomic E-state index is 5.62. The van der Waals surface area contributed by atoms with Crippen molar-refractivity contribution in [3.8, 4) is 0 Å². The van der Waals surface area contributed by atoms with E-state index in [1.807, 2.05) is 0 Å². The van der Waals surface area contributed by atoms with Crippen LogP contribution in [0.2, 0.25) is 0 Å². The molecule has 1 aliphatic rings. The van der Waals surface area contributed by atoms with E-state index in [-0.39, 0.29) is 0 Å². The van der Waals surface area contributed by atoms with Gasteiger partial charge in [-0.25, -0.2) is 0 Å². The van der Waals surface area contributed by atoms with Gasteiger partial charge >= 0.3 is 0 Å². The highest BCUT2D eigenvalue weighted by molar-refractivity contribution is 7.99. The Morgan fingerprint density at radius 3 is 2.44 bits per heavy atom. The number of nitrogens with two attached hydrogens (primary N) is 1. The third kappa shape index (κ3) is 6.12. The molecule has 1 saturated carbocycles. The lowest BCUT2D eigenvalue weighted by molar-refractivity contribution is 0.339. The Balaban J connectivity index is 2.15. The first-order chi connectivity index (χ1) is 7.51. The van der Waals surface area contributed by atoms with E-state index in [9.17, 15) is 0 Å². The highest BCUT2D eigenvalue weighted by Gasteiger charge is 2.19. The van der Waals surface area contributed by atoms with Gasteiger partial charge in [0.05, 0.1) is 0 Å². The third-order valence-corrected chi connectivity index (χ3v) is 4.85. The number of nitrogens with one attached hydrogen (secondary N) is 1. The van der Waals surface area contributed by atoms with E-state index in [4.69, 9.17) is 5.84 Å². The molecule has 0 aromatic carbocycles. The second kappa shape index (κ2) is 6.87. The summed E-state index contributed by atoms with van der Waals surface area (Å²) in [4.78, 5) is 0. The fraction of sp³-hybridized carbons (Fsp3) is 1.00. The lowest BCUT2D eigenvalue weighted by Gasteiger charge is -2.23. The van der Waals surface area contributed by atoms with Gasteiger partial charge in [0.1, 0.15) is 0 Å². The standard InChI is InChI=1S/C13H28N2S/c1-13(2,3)9-8-11(15-14)10-16-12-6-4-5-7-12/h11-12,15H,4-10,14H2,1-3H3. The van der Waals surface area contributed by atoms with Gasteiger partial charge in [0.2, 0.25) is 0 Å². The van der Waals surface area contributed by atoms with Crippen molar-refractivity contribution in [3.05, 3.63) is 0 Å². The molecule has 1 atom stereocenters. The summed E-state index contributed by atoms with van der Waals surface area (Å²) in [6, 6.07) is 0.491. The van der Waals surface area contributed by atoms with Crippen molar-refractivity contribution < 1.29 is 0 Å². The maximum atomic E-state index is 5.62. The Morgan fingerprint density at radius 2 is 1.94 bits per heavy atom. The van der Waals surface area contributed by atoms with Crippen LogP contribution in [0.25, 0.3) is 0 Å². The molecule has 1 aliphatic carbocycles. The normalized spacial score (nSPS) is 20.2. The van der Waals surface area contributed by atoms with Gasteiger partial charge in [-0.3, -0.25) is 11.3 Å². The number of thioether (sulfide) groups is 1. The largest absolute Gasteiger partial charge is 0.271 e. The third-order valence-electron chi connectivity index (χ3n) is 3.31. The molecular weight excluding hydrogens is 216 g/mol. The second-order valence-electron chi connectivity index (χ2n) is 6.20. The van der Waals surface area contributed by atoms with Gasteiger partial charge in [-0.05, 0) is 31.1 Å². The molecule has 2 nitrogen and oxygen atoms in total. The van der Waals surface area contributed by atoms with Crippen LogP contribution < -0.4 is 11.3 Å². The summed E-state index contributed by atoms with van der Waals surface area (Å²) in [6.45, 7) is 6.89. The second-order valence-corrected chi connectivity index (χ2v) is 7.54. The molecule has 0 aliphatic heterocycles. The molecule has 16 heavy (non-hydrogen) atoms. The minimum atomic E-state index is 0.424. The molecule has 0 bridgehead atoms. The molecule has 0 aromatic heterocycles. The fourth-order valence-corrected chi connectivity index (χ4v) is 3.56. The Morgan fingerprint density at radius 1 is 1.31 bits per heavy atom. The maximum Gasteiger partial charge on any atom is 0.0301 e. The van der Waals surface area contributed by atoms with Gasteiger partial charge in [0, 0.05) is 17.0 Å². The van der Waals surface area contributed by atoms with E-state index in [0.29, 0.717) is 11.5 Å². The van der Waals surface area contributed by atoms with Crippen molar-refractivity contribution in [2.75, 3.05) is 5.75 Å². The summed E-state index contributed by atoms with van der Waals surface area (Å²) in [5, 5.41) is 0.908. The van der Waals surface area contributed by atoms with Crippen LogP contribution in [-0.2, 0) is 0 Å². The van der Waals surface area contributed by atoms with E-state index in [1.54, 1.807) is 0 Å². The Bertz CT molecular complexity index is 183. The summed E-state index contributed by atoms with van der Waals surface area (Å²) >= 11 is 2.12. The summed E-state index contributed by atoms with van der Waals surface area (Å²) in [5.41, 5.74) is 3.40. The van der Waals surface area contributed by atoms with Gasteiger partial charge < -0.3 is 0 Å². The van der Waals surface area contributed by atoms with Gasteiger partial charge in [0.25, 0.3) is 0 Å². The molecule has 0 saturated heterocycles. The average molecular weight is 244 g/mol. The lowest BCUT2D eigenvalue weighted by Crippen LogP contribution is -2.38. The summed E-state index contributed by atoms with van der Waals surface area (Å²) < 4.78 is 0. The van der Waals surface area contributed by atoms with Crippen molar-refractivity contribution in [1.29, 1.82) is 0 Å². The predicted octanol–water partition coefficient (Wildman–Crippen LogP) is 3.32. The molecule has 0 radical (unpaired) electrons. The Hall–Kier alpha value is 0.270. The van der Waals surface area contributed by atoms with Crippen molar-refractivity contribution in [2.45, 2.75) is 70.6 Å². The average Bonchev–Trinajstić information content (AvgIpc) is 2.69. The number of hydrogen-bond acceptors (Lipinski definition) is 3. The van der Waals surface area contributed by atoms with E-state index in [2.05, 4.69) is 38.0 Å². The lowest BCUT2D eigenvalue weighted by atomic mass is 9.89. The molecular formula is C13H28N2S. The zero-order valence-electron chi connectivity index (χ0n) is 11.1. The Kier molecular flexibility index (Phi) is 6.16. The summed E-state index contributed by atoms with van der Waals surface area (Å²) in [7, 11) is 0. The summed E-state index contributed by atoms with van der Waals surface area (Å²) in [5.74, 6) is 6.80. The van der Waals surface area contributed by atoms with E-state index >= 15 is 0 Å². The molecule has 0 amide bonds. The van der Waals surface area contributed by atoms with Crippen LogP contribution in [0.1, 0.15) is 59.3 Å². The van der Waals surface area contributed by atoms with Crippen molar-refractivity contribution in [3.63, 3.8) is 0 Å². The first-order valence-corrected chi connectivity index (χ1v) is 7.64. The predicted molar refractivity (Wildman–Crippen MR) is 74.5 cm³/mol. The van der Waals surface area contributed by atoms with Crippen molar-refractivity contribution in [1.82, 2.24) is 5.43 Å². The van der Waals surface area contributed by atoms with Crippen LogP contribution >= 0.6 is 11.8 Å². The highest BCUT2D eigenvalue weighted by atomic mass is 32.2. The number of hydrogen-bond donors (Lipinski definition) is 2. The monoisotopic (exact) mass is 244 g/mol. The summed E-state index contributed by atoms with van der Waals surface area (Å²) in [6.07, 6.45) is 8.13. The molecule has 0 spiro atoms. The fourth-order valence-electron chi connectivity index (χ4n) is 2.13. The first-order valence-electron chi connectivity index (χ1n) is 6.59. The molecule has 0 aromatic rings. The van der Waals surface area contributed by atoms with Gasteiger partial charge in [0.15, 0.2) is 0 Å². The molecule has 1 rings (SSSR count). The van der Waals surface area contributed by atoms with Crippen LogP contribution in [0, 0.1) is 5.41 Å². The molecule has 3 heteroatoms. The SMILES string of the molecule is CC(C)(C)CCC(CSC1CCCC1)NN. The number of rotatable bonds is 6. The molecule has 1 unspecified atom stereocenters. The van der Waals surface area contributed by atoms with Crippen LogP contribution in [0.15, 0.2) is 0 Å². The smallest absolute Gasteiger partial charge is 0.0301 e. The van der Waals surface area contributed by atoms with Crippen molar-refractivity contribution in [2.24, 2.45) is 11.3 Å². The van der Waals surface area contributed by atoms with Crippen LogP contribution in [-0.4, -0.2) is 17.0 Å². The zero-order valence-corrected chi connectivity index (χ0v) is 11.9. The molecule has 1 fully saturated rings. The van der Waals surface area contributed by atoms with Crippen LogP contribution in [0.5, 0.6) is 0 Å². The number of hydrazine groups is 1. The van der Waals surface area contributed by atoms with Gasteiger partial charge in [-0.2, -0.15) is 11.8 Å². The molecule has 3 N–H and O–H groups in total. The highest BCUT2D eigenvalue weighted by Crippen LogP contribution is 2.30. The van der Waals surface area contributed by atoms with Crippen LogP contribution in [0.3, 0.4) is 0 Å². The first kappa shape index (κ1) is 14.3. The Labute approximate surface area is 105 Å². The molecule has 96 valence electrons. The van der Waals surface area contributed by atoms with E-state index in [1.165, 1.54) is 44.3 Å².